The topological polar surface area (TPSA) is 84.5 Å². The van der Waals surface area contributed by atoms with Crippen LogP contribution in [0.4, 0.5) is 10.5 Å². The molecule has 27 heavy (non-hydrogen) atoms. The summed E-state index contributed by atoms with van der Waals surface area (Å²) in [5.74, 6) is 0.0360. The second kappa shape index (κ2) is 7.23. The third-order valence-corrected chi connectivity index (χ3v) is 4.10. The Hall–Kier alpha value is -3.15. The van der Waals surface area contributed by atoms with Crippen molar-refractivity contribution in [3.8, 4) is 5.75 Å². The quantitative estimate of drug-likeness (QED) is 0.861. The van der Waals surface area contributed by atoms with Crippen LogP contribution in [0, 0.1) is 0 Å². The lowest BCUT2D eigenvalue weighted by Gasteiger charge is -2.20. The Labute approximate surface area is 157 Å². The molecular formula is C21H22N2O4. The van der Waals surface area contributed by atoms with E-state index in [9.17, 15) is 14.4 Å². The Bertz CT molecular complexity index is 913. The molecule has 0 radical (unpaired) electrons. The number of aryl methyl sites for hydroxylation is 1. The molecule has 0 heterocycles. The highest BCUT2D eigenvalue weighted by Gasteiger charge is 2.21. The smallest absolute Gasteiger partial charge is 0.408 e. The lowest BCUT2D eigenvalue weighted by Crippen LogP contribution is -2.42. The standard InChI is InChI=1S/C21H22N2O4/c1-21(2,3)23-20(26)27-18-7-5-4-6-16(18)22-19(25)14-8-10-15-13(12-14)9-11-17(15)24/h4-8,10,12H,9,11H2,1-3H3,(H,22,25)(H,23,26). The summed E-state index contributed by atoms with van der Waals surface area (Å²) in [6, 6.07) is 11.8. The largest absolute Gasteiger partial charge is 0.413 e. The molecule has 0 aromatic heterocycles. The van der Waals surface area contributed by atoms with Crippen LogP contribution < -0.4 is 15.4 Å². The number of hydrogen-bond acceptors (Lipinski definition) is 4. The van der Waals surface area contributed by atoms with Crippen molar-refractivity contribution in [2.24, 2.45) is 0 Å². The van der Waals surface area contributed by atoms with Crippen molar-refractivity contribution < 1.29 is 19.1 Å². The second-order valence-electron chi connectivity index (χ2n) is 7.51. The van der Waals surface area contributed by atoms with Gasteiger partial charge in [0.15, 0.2) is 11.5 Å². The van der Waals surface area contributed by atoms with Crippen molar-refractivity contribution in [3.05, 3.63) is 59.2 Å². The average molecular weight is 366 g/mol. The molecule has 2 N–H and O–H groups in total. The maximum Gasteiger partial charge on any atom is 0.413 e. The number of anilines is 1. The number of carbonyl (C=O) groups excluding carboxylic acids is 3. The minimum absolute atomic E-state index is 0.112. The summed E-state index contributed by atoms with van der Waals surface area (Å²) in [4.78, 5) is 36.4. The molecule has 2 aromatic rings. The highest BCUT2D eigenvalue weighted by atomic mass is 16.6. The number of hydrogen-bond donors (Lipinski definition) is 2. The maximum atomic E-state index is 12.6. The first-order valence-electron chi connectivity index (χ1n) is 8.79. The van der Waals surface area contributed by atoms with Crippen LogP contribution in [0.3, 0.4) is 0 Å². The summed E-state index contributed by atoms with van der Waals surface area (Å²) in [6.07, 6.45) is 0.544. The molecule has 0 unspecified atom stereocenters. The molecular weight excluding hydrogens is 344 g/mol. The Kier molecular flexibility index (Phi) is 4.99. The van der Waals surface area contributed by atoms with Gasteiger partial charge < -0.3 is 15.4 Å². The van der Waals surface area contributed by atoms with Crippen molar-refractivity contribution in [2.45, 2.75) is 39.2 Å². The fourth-order valence-electron chi connectivity index (χ4n) is 2.88. The third-order valence-electron chi connectivity index (χ3n) is 4.10. The van der Waals surface area contributed by atoms with E-state index in [1.54, 1.807) is 42.5 Å². The van der Waals surface area contributed by atoms with Crippen molar-refractivity contribution >= 4 is 23.5 Å². The minimum Gasteiger partial charge on any atom is -0.408 e. The number of rotatable bonds is 3. The molecule has 6 heteroatoms. The van der Waals surface area contributed by atoms with E-state index < -0.39 is 11.6 Å². The van der Waals surface area contributed by atoms with Gasteiger partial charge in [0.05, 0.1) is 5.69 Å². The zero-order valence-electron chi connectivity index (χ0n) is 15.6. The first-order valence-corrected chi connectivity index (χ1v) is 8.79. The lowest BCUT2D eigenvalue weighted by molar-refractivity contribution is 0.0991. The van der Waals surface area contributed by atoms with E-state index in [4.69, 9.17) is 4.74 Å². The number of nitrogens with one attached hydrogen (secondary N) is 2. The van der Waals surface area contributed by atoms with Gasteiger partial charge in [-0.3, -0.25) is 9.59 Å². The summed E-state index contributed by atoms with van der Waals surface area (Å²) in [6.45, 7) is 5.54. The number of carbonyl (C=O) groups is 3. The minimum atomic E-state index is -0.597. The molecule has 0 saturated carbocycles. The molecule has 0 fully saturated rings. The van der Waals surface area contributed by atoms with Crippen LogP contribution >= 0.6 is 0 Å². The van der Waals surface area contributed by atoms with Crippen LogP contribution in [-0.2, 0) is 6.42 Å². The van der Waals surface area contributed by atoms with Crippen molar-refractivity contribution in [1.82, 2.24) is 5.32 Å². The highest BCUT2D eigenvalue weighted by molar-refractivity contribution is 6.07. The van der Waals surface area contributed by atoms with Gasteiger partial charge in [-0.1, -0.05) is 18.2 Å². The van der Waals surface area contributed by atoms with Crippen LogP contribution in [0.1, 0.15) is 53.5 Å². The van der Waals surface area contributed by atoms with E-state index in [0.717, 1.165) is 5.56 Å². The fourth-order valence-corrected chi connectivity index (χ4v) is 2.88. The highest BCUT2D eigenvalue weighted by Crippen LogP contribution is 2.26. The molecule has 0 aliphatic heterocycles. The molecule has 0 atom stereocenters. The summed E-state index contributed by atoms with van der Waals surface area (Å²) in [5.41, 5.74) is 1.99. The molecule has 0 spiro atoms. The third kappa shape index (κ3) is 4.53. The summed E-state index contributed by atoms with van der Waals surface area (Å²) >= 11 is 0. The molecule has 1 aliphatic rings. The first kappa shape index (κ1) is 18.6. The number of para-hydroxylation sites is 2. The van der Waals surface area contributed by atoms with E-state index in [1.807, 2.05) is 20.8 Å². The monoisotopic (exact) mass is 366 g/mol. The lowest BCUT2D eigenvalue weighted by atomic mass is 10.1. The summed E-state index contributed by atoms with van der Waals surface area (Å²) in [5, 5.41) is 5.47. The molecule has 0 bridgehead atoms. The van der Waals surface area contributed by atoms with Crippen LogP contribution in [0.5, 0.6) is 5.75 Å². The zero-order chi connectivity index (χ0) is 19.6. The summed E-state index contributed by atoms with van der Waals surface area (Å²) < 4.78 is 5.34. The number of amides is 2. The number of benzene rings is 2. The average Bonchev–Trinajstić information content (AvgIpc) is 2.95. The van der Waals surface area contributed by atoms with Gasteiger partial charge in [0, 0.05) is 23.1 Å². The molecule has 6 nitrogen and oxygen atoms in total. The second-order valence-corrected chi connectivity index (χ2v) is 7.51. The Morgan fingerprint density at radius 1 is 1.04 bits per heavy atom. The Balaban J connectivity index is 1.75. The summed E-state index contributed by atoms with van der Waals surface area (Å²) in [7, 11) is 0. The number of ether oxygens (including phenoxy) is 1. The van der Waals surface area contributed by atoms with E-state index in [1.165, 1.54) is 0 Å². The normalized spacial score (nSPS) is 13.1. The SMILES string of the molecule is CC(C)(C)NC(=O)Oc1ccccc1NC(=O)c1ccc2c(c1)CCC2=O. The predicted molar refractivity (Wildman–Crippen MR) is 102 cm³/mol. The molecule has 2 aromatic carbocycles. The molecule has 140 valence electrons. The first-order chi connectivity index (χ1) is 12.7. The van der Waals surface area contributed by atoms with Crippen molar-refractivity contribution in [2.75, 3.05) is 5.32 Å². The number of Topliss-reactive ketones (excluding diaryl/α,β-unsaturated/α-hetero) is 1. The fraction of sp³-hybridized carbons (Fsp3) is 0.286. The number of fused-ring (bicyclic) bond motifs is 1. The van der Waals surface area contributed by atoms with Gasteiger partial charge in [-0.05, 0) is 57.0 Å². The van der Waals surface area contributed by atoms with Crippen LogP contribution in [0.2, 0.25) is 0 Å². The molecule has 2 amide bonds. The van der Waals surface area contributed by atoms with Crippen molar-refractivity contribution in [1.29, 1.82) is 0 Å². The predicted octanol–water partition coefficient (Wildman–Crippen LogP) is 3.95. The van der Waals surface area contributed by atoms with Crippen LogP contribution in [-0.4, -0.2) is 23.3 Å². The van der Waals surface area contributed by atoms with E-state index >= 15 is 0 Å². The molecule has 3 rings (SSSR count). The van der Waals surface area contributed by atoms with E-state index in [2.05, 4.69) is 10.6 Å². The van der Waals surface area contributed by atoms with Gasteiger partial charge in [0.1, 0.15) is 0 Å². The Morgan fingerprint density at radius 2 is 1.78 bits per heavy atom. The van der Waals surface area contributed by atoms with E-state index in [-0.39, 0.29) is 17.4 Å². The van der Waals surface area contributed by atoms with Crippen molar-refractivity contribution in [3.63, 3.8) is 0 Å². The molecule has 0 saturated heterocycles. The van der Waals surface area contributed by atoms with Gasteiger partial charge >= 0.3 is 6.09 Å². The van der Waals surface area contributed by atoms with Crippen LogP contribution in [0.15, 0.2) is 42.5 Å². The number of ketones is 1. The van der Waals surface area contributed by atoms with Gasteiger partial charge in [-0.15, -0.1) is 0 Å². The molecule has 1 aliphatic carbocycles. The Morgan fingerprint density at radius 3 is 2.52 bits per heavy atom. The van der Waals surface area contributed by atoms with Gasteiger partial charge in [-0.2, -0.15) is 0 Å². The van der Waals surface area contributed by atoms with E-state index in [0.29, 0.717) is 29.7 Å². The maximum absolute atomic E-state index is 12.6. The zero-order valence-corrected chi connectivity index (χ0v) is 15.6. The van der Waals surface area contributed by atoms with Crippen LogP contribution in [0.25, 0.3) is 0 Å². The van der Waals surface area contributed by atoms with Gasteiger partial charge in [0.2, 0.25) is 0 Å². The van der Waals surface area contributed by atoms with Gasteiger partial charge in [-0.25, -0.2) is 4.79 Å². The van der Waals surface area contributed by atoms with Gasteiger partial charge in [0.25, 0.3) is 5.91 Å².